The number of carbonyl (C=O) groups is 1. The Hall–Kier alpha value is -0.770. The molecule has 2 unspecified atom stereocenters. The van der Waals surface area contributed by atoms with E-state index in [4.69, 9.17) is 9.84 Å². The highest BCUT2D eigenvalue weighted by Gasteiger charge is 2.35. The molecule has 1 aliphatic rings. The Morgan fingerprint density at radius 2 is 2.15 bits per heavy atom. The van der Waals surface area contributed by atoms with Gasteiger partial charge < -0.3 is 15.2 Å². The van der Waals surface area contributed by atoms with E-state index in [1.807, 2.05) is 0 Å². The number of carbonyl (C=O) groups excluding carboxylic acids is 1. The first-order chi connectivity index (χ1) is 5.92. The van der Waals surface area contributed by atoms with Crippen LogP contribution in [0.4, 0.5) is 4.79 Å². The standard InChI is InChI=1S/C9H17NO3/c1-9(2,3)4-7-6(5-11)10-8(12)13-7/h6-7,11H,4-5H2,1-3H3,(H,10,12). The molecule has 13 heavy (non-hydrogen) atoms. The highest BCUT2D eigenvalue weighted by Crippen LogP contribution is 2.26. The van der Waals surface area contributed by atoms with E-state index in [1.165, 1.54) is 0 Å². The van der Waals surface area contributed by atoms with Crippen molar-refractivity contribution in [1.82, 2.24) is 5.32 Å². The summed E-state index contributed by atoms with van der Waals surface area (Å²) in [7, 11) is 0. The second-order valence-electron chi connectivity index (χ2n) is 4.64. The number of hydrogen-bond donors (Lipinski definition) is 2. The van der Waals surface area contributed by atoms with Crippen LogP contribution >= 0.6 is 0 Å². The van der Waals surface area contributed by atoms with Crippen LogP contribution in [-0.2, 0) is 4.74 Å². The lowest BCUT2D eigenvalue weighted by atomic mass is 9.87. The zero-order valence-electron chi connectivity index (χ0n) is 8.33. The van der Waals surface area contributed by atoms with Gasteiger partial charge in [0, 0.05) is 0 Å². The molecule has 2 N–H and O–H groups in total. The van der Waals surface area contributed by atoms with Crippen LogP contribution < -0.4 is 5.32 Å². The van der Waals surface area contributed by atoms with Gasteiger partial charge in [-0.05, 0) is 11.8 Å². The molecule has 0 bridgehead atoms. The van der Waals surface area contributed by atoms with Crippen molar-refractivity contribution in [3.63, 3.8) is 0 Å². The van der Waals surface area contributed by atoms with Gasteiger partial charge in [0.15, 0.2) is 0 Å². The second-order valence-corrected chi connectivity index (χ2v) is 4.64. The van der Waals surface area contributed by atoms with Crippen molar-refractivity contribution >= 4 is 6.09 Å². The molecule has 0 saturated carbocycles. The van der Waals surface area contributed by atoms with Crippen molar-refractivity contribution in [2.75, 3.05) is 6.61 Å². The van der Waals surface area contributed by atoms with Crippen LogP contribution in [0, 0.1) is 5.41 Å². The van der Waals surface area contributed by atoms with E-state index in [9.17, 15) is 4.79 Å². The lowest BCUT2D eigenvalue weighted by Crippen LogP contribution is -2.36. The Morgan fingerprint density at radius 1 is 1.54 bits per heavy atom. The Balaban J connectivity index is 2.54. The fourth-order valence-electron chi connectivity index (χ4n) is 1.45. The lowest BCUT2D eigenvalue weighted by Gasteiger charge is -2.24. The van der Waals surface area contributed by atoms with Gasteiger partial charge in [-0.2, -0.15) is 0 Å². The minimum Gasteiger partial charge on any atom is -0.444 e. The van der Waals surface area contributed by atoms with Crippen molar-refractivity contribution in [1.29, 1.82) is 0 Å². The Morgan fingerprint density at radius 3 is 2.62 bits per heavy atom. The third-order valence-electron chi connectivity index (χ3n) is 2.02. The average Bonchev–Trinajstić information content (AvgIpc) is 2.27. The van der Waals surface area contributed by atoms with Crippen molar-refractivity contribution in [3.05, 3.63) is 0 Å². The first kappa shape index (κ1) is 10.3. The smallest absolute Gasteiger partial charge is 0.407 e. The molecule has 1 aliphatic heterocycles. The Labute approximate surface area is 78.3 Å². The third-order valence-corrected chi connectivity index (χ3v) is 2.02. The summed E-state index contributed by atoms with van der Waals surface area (Å²) in [5.74, 6) is 0. The number of rotatable bonds is 2. The maximum atomic E-state index is 10.9. The number of ether oxygens (including phenoxy) is 1. The van der Waals surface area contributed by atoms with Gasteiger partial charge >= 0.3 is 6.09 Å². The highest BCUT2D eigenvalue weighted by atomic mass is 16.6. The summed E-state index contributed by atoms with van der Waals surface area (Å²) in [6.07, 6.45) is 0.141. The van der Waals surface area contributed by atoms with Crippen LogP contribution in [0.3, 0.4) is 0 Å². The van der Waals surface area contributed by atoms with Crippen LogP contribution in [0.2, 0.25) is 0 Å². The number of aliphatic hydroxyl groups is 1. The maximum Gasteiger partial charge on any atom is 0.407 e. The summed E-state index contributed by atoms with van der Waals surface area (Å²) >= 11 is 0. The molecule has 0 radical (unpaired) electrons. The molecule has 4 heteroatoms. The first-order valence-corrected chi connectivity index (χ1v) is 4.50. The van der Waals surface area contributed by atoms with Gasteiger partial charge in [-0.1, -0.05) is 20.8 Å². The molecule has 0 aromatic heterocycles. The summed E-state index contributed by atoms with van der Waals surface area (Å²) in [6, 6.07) is -0.244. The zero-order chi connectivity index (χ0) is 10.1. The van der Waals surface area contributed by atoms with Gasteiger partial charge in [0.25, 0.3) is 0 Å². The lowest BCUT2D eigenvalue weighted by molar-refractivity contribution is 0.0882. The van der Waals surface area contributed by atoms with Crippen LogP contribution in [0.5, 0.6) is 0 Å². The third kappa shape index (κ3) is 2.88. The first-order valence-electron chi connectivity index (χ1n) is 4.50. The van der Waals surface area contributed by atoms with Gasteiger partial charge in [0.1, 0.15) is 6.10 Å². The average molecular weight is 187 g/mol. The number of aliphatic hydroxyl groups excluding tert-OH is 1. The number of alkyl carbamates (subject to hydrolysis) is 1. The van der Waals surface area contributed by atoms with E-state index in [0.29, 0.717) is 0 Å². The van der Waals surface area contributed by atoms with E-state index in [0.717, 1.165) is 6.42 Å². The molecule has 0 aromatic carbocycles. The van der Waals surface area contributed by atoms with Crippen LogP contribution in [0.15, 0.2) is 0 Å². The number of amides is 1. The summed E-state index contributed by atoms with van der Waals surface area (Å²) < 4.78 is 5.03. The summed E-state index contributed by atoms with van der Waals surface area (Å²) in [5, 5.41) is 11.5. The molecular weight excluding hydrogens is 170 g/mol. The minimum atomic E-state index is -0.423. The highest BCUT2D eigenvalue weighted by molar-refractivity contribution is 5.70. The van der Waals surface area contributed by atoms with Gasteiger partial charge in [-0.15, -0.1) is 0 Å². The fourth-order valence-corrected chi connectivity index (χ4v) is 1.45. The Kier molecular flexibility index (Phi) is 2.81. The van der Waals surface area contributed by atoms with Gasteiger partial charge in [-0.3, -0.25) is 0 Å². The SMILES string of the molecule is CC(C)(C)CC1OC(=O)NC1CO. The van der Waals surface area contributed by atoms with Gasteiger partial charge in [0.05, 0.1) is 12.6 Å². The summed E-state index contributed by atoms with van der Waals surface area (Å²) in [4.78, 5) is 10.9. The van der Waals surface area contributed by atoms with Gasteiger partial charge in [-0.25, -0.2) is 4.79 Å². The predicted octanol–water partition coefficient (Wildman–Crippen LogP) is 0.892. The molecule has 1 heterocycles. The molecule has 0 aromatic rings. The van der Waals surface area contributed by atoms with Crippen molar-refractivity contribution < 1.29 is 14.6 Å². The zero-order valence-corrected chi connectivity index (χ0v) is 8.33. The van der Waals surface area contributed by atoms with Crippen LogP contribution in [-0.4, -0.2) is 30.0 Å². The Bertz CT molecular complexity index is 198. The largest absolute Gasteiger partial charge is 0.444 e. The summed E-state index contributed by atoms with van der Waals surface area (Å²) in [6.45, 7) is 6.17. The number of cyclic esters (lactones) is 1. The number of hydrogen-bond acceptors (Lipinski definition) is 3. The minimum absolute atomic E-state index is 0.0630. The molecule has 4 nitrogen and oxygen atoms in total. The normalized spacial score (nSPS) is 28.5. The van der Waals surface area contributed by atoms with Crippen LogP contribution in [0.25, 0.3) is 0 Å². The molecule has 1 fully saturated rings. The van der Waals surface area contributed by atoms with Crippen molar-refractivity contribution in [2.24, 2.45) is 5.41 Å². The quantitative estimate of drug-likeness (QED) is 0.675. The molecule has 1 rings (SSSR count). The van der Waals surface area contributed by atoms with Crippen LogP contribution in [0.1, 0.15) is 27.2 Å². The predicted molar refractivity (Wildman–Crippen MR) is 48.4 cm³/mol. The molecule has 1 saturated heterocycles. The van der Waals surface area contributed by atoms with E-state index < -0.39 is 6.09 Å². The topological polar surface area (TPSA) is 58.6 Å². The monoisotopic (exact) mass is 187 g/mol. The van der Waals surface area contributed by atoms with Crippen molar-refractivity contribution in [2.45, 2.75) is 39.3 Å². The molecule has 0 aliphatic carbocycles. The van der Waals surface area contributed by atoms with E-state index in [1.54, 1.807) is 0 Å². The van der Waals surface area contributed by atoms with E-state index >= 15 is 0 Å². The van der Waals surface area contributed by atoms with E-state index in [-0.39, 0.29) is 24.2 Å². The number of nitrogens with one attached hydrogen (secondary N) is 1. The van der Waals surface area contributed by atoms with Gasteiger partial charge in [0.2, 0.25) is 0 Å². The molecule has 2 atom stereocenters. The van der Waals surface area contributed by atoms with Crippen molar-refractivity contribution in [3.8, 4) is 0 Å². The maximum absolute atomic E-state index is 10.9. The molecule has 0 spiro atoms. The van der Waals surface area contributed by atoms with E-state index in [2.05, 4.69) is 26.1 Å². The fraction of sp³-hybridized carbons (Fsp3) is 0.889. The molecule has 76 valence electrons. The molecule has 1 amide bonds. The molecular formula is C9H17NO3. The summed E-state index contributed by atoms with van der Waals surface area (Å²) in [5.41, 5.74) is 0.102. The second kappa shape index (κ2) is 3.54.